The van der Waals surface area contributed by atoms with Crippen LogP contribution in [-0.4, -0.2) is 12.0 Å². The van der Waals surface area contributed by atoms with Crippen LogP contribution >= 0.6 is 11.6 Å². The lowest BCUT2D eigenvalue weighted by molar-refractivity contribution is 1.28. The topological polar surface area (TPSA) is 24.9 Å². The summed E-state index contributed by atoms with van der Waals surface area (Å²) >= 11 is 5.87. The third-order valence-corrected chi connectivity index (χ3v) is 2.74. The highest BCUT2D eigenvalue weighted by Crippen LogP contribution is 2.29. The van der Waals surface area contributed by atoms with Crippen LogP contribution < -0.4 is 5.32 Å². The molecule has 1 aromatic carbocycles. The van der Waals surface area contributed by atoms with Crippen LogP contribution in [0.1, 0.15) is 5.56 Å². The van der Waals surface area contributed by atoms with Crippen LogP contribution in [0.5, 0.6) is 0 Å². The molecule has 1 heterocycles. The molecule has 0 saturated heterocycles. The van der Waals surface area contributed by atoms with Gasteiger partial charge in [0.05, 0.1) is 0 Å². The lowest BCUT2D eigenvalue weighted by Gasteiger charge is -2.10. The van der Waals surface area contributed by atoms with E-state index in [2.05, 4.69) is 29.4 Å². The number of pyridine rings is 1. The first-order valence-electron chi connectivity index (χ1n) is 5.12. The van der Waals surface area contributed by atoms with Crippen molar-refractivity contribution in [2.45, 2.75) is 6.92 Å². The number of nitrogens with zero attached hydrogens (tertiary/aromatic N) is 1. The zero-order valence-corrected chi connectivity index (χ0v) is 10.0. The van der Waals surface area contributed by atoms with Gasteiger partial charge in [-0.05, 0) is 30.2 Å². The lowest BCUT2D eigenvalue weighted by Crippen LogP contribution is -1.96. The van der Waals surface area contributed by atoms with Crippen molar-refractivity contribution in [3.63, 3.8) is 0 Å². The highest BCUT2D eigenvalue weighted by Gasteiger charge is 2.07. The van der Waals surface area contributed by atoms with Gasteiger partial charge in [0.25, 0.3) is 0 Å². The fourth-order valence-corrected chi connectivity index (χ4v) is 1.87. The van der Waals surface area contributed by atoms with E-state index in [1.165, 1.54) is 11.1 Å². The minimum Gasteiger partial charge on any atom is -0.373 e. The number of benzene rings is 1. The molecule has 2 aromatic rings. The number of aromatic nitrogens is 1. The summed E-state index contributed by atoms with van der Waals surface area (Å²) in [6, 6.07) is 12.0. The van der Waals surface area contributed by atoms with Crippen LogP contribution in [0.4, 0.5) is 5.82 Å². The molecule has 0 bridgehead atoms. The van der Waals surface area contributed by atoms with Gasteiger partial charge in [0.15, 0.2) is 0 Å². The Morgan fingerprint density at radius 2 is 1.81 bits per heavy atom. The fourth-order valence-electron chi connectivity index (χ4n) is 1.72. The molecule has 0 spiro atoms. The molecule has 2 rings (SSSR count). The van der Waals surface area contributed by atoms with Gasteiger partial charge >= 0.3 is 0 Å². The maximum absolute atomic E-state index is 5.87. The summed E-state index contributed by atoms with van der Waals surface area (Å²) in [5.41, 5.74) is 3.48. The molecule has 3 heteroatoms. The van der Waals surface area contributed by atoms with E-state index in [0.29, 0.717) is 5.15 Å². The van der Waals surface area contributed by atoms with Crippen LogP contribution in [0.25, 0.3) is 11.1 Å². The van der Waals surface area contributed by atoms with Gasteiger partial charge in [-0.1, -0.05) is 35.9 Å². The first-order chi connectivity index (χ1) is 7.72. The highest BCUT2D eigenvalue weighted by molar-refractivity contribution is 6.29. The molecule has 0 fully saturated rings. The standard InChI is InChI=1S/C13H13ClN2/c1-9-5-3-4-6-10(9)11-7-8-12(14)16-13(11)15-2/h3-8H,1-2H3,(H,15,16). The molecule has 0 saturated carbocycles. The van der Waals surface area contributed by atoms with Crippen molar-refractivity contribution >= 4 is 17.4 Å². The number of anilines is 1. The quantitative estimate of drug-likeness (QED) is 0.798. The van der Waals surface area contributed by atoms with Gasteiger partial charge in [0.2, 0.25) is 0 Å². The average molecular weight is 233 g/mol. The lowest BCUT2D eigenvalue weighted by atomic mass is 10.0. The van der Waals surface area contributed by atoms with Gasteiger partial charge < -0.3 is 5.32 Å². The number of aryl methyl sites for hydroxylation is 1. The molecule has 16 heavy (non-hydrogen) atoms. The Bertz CT molecular complexity index is 509. The van der Waals surface area contributed by atoms with Crippen molar-refractivity contribution in [1.82, 2.24) is 4.98 Å². The van der Waals surface area contributed by atoms with E-state index in [1.54, 1.807) is 0 Å². The summed E-state index contributed by atoms with van der Waals surface area (Å²) in [5.74, 6) is 0.807. The fraction of sp³-hybridized carbons (Fsp3) is 0.154. The van der Waals surface area contributed by atoms with Crippen LogP contribution in [0.15, 0.2) is 36.4 Å². The van der Waals surface area contributed by atoms with Crippen LogP contribution in [0.3, 0.4) is 0 Å². The monoisotopic (exact) mass is 232 g/mol. The molecule has 0 atom stereocenters. The molecular weight excluding hydrogens is 220 g/mol. The second kappa shape index (κ2) is 4.54. The van der Waals surface area contributed by atoms with Crippen LogP contribution in [0.2, 0.25) is 5.15 Å². The SMILES string of the molecule is CNc1nc(Cl)ccc1-c1ccccc1C. The number of hydrogen-bond donors (Lipinski definition) is 1. The van der Waals surface area contributed by atoms with Crippen molar-refractivity contribution < 1.29 is 0 Å². The van der Waals surface area contributed by atoms with Crippen molar-refractivity contribution in [3.8, 4) is 11.1 Å². The minimum absolute atomic E-state index is 0.502. The maximum atomic E-state index is 5.87. The normalized spacial score (nSPS) is 10.2. The second-order valence-electron chi connectivity index (χ2n) is 3.60. The van der Waals surface area contributed by atoms with Gasteiger partial charge in [0.1, 0.15) is 11.0 Å². The van der Waals surface area contributed by atoms with E-state index in [4.69, 9.17) is 11.6 Å². The third-order valence-electron chi connectivity index (χ3n) is 2.53. The second-order valence-corrected chi connectivity index (χ2v) is 3.98. The van der Waals surface area contributed by atoms with Gasteiger partial charge in [0, 0.05) is 12.6 Å². The molecule has 0 aliphatic carbocycles. The molecule has 1 N–H and O–H groups in total. The summed E-state index contributed by atoms with van der Waals surface area (Å²) in [4.78, 5) is 4.26. The summed E-state index contributed by atoms with van der Waals surface area (Å²) < 4.78 is 0. The summed E-state index contributed by atoms with van der Waals surface area (Å²) in [5, 5.41) is 3.57. The average Bonchev–Trinajstić information content (AvgIpc) is 2.30. The van der Waals surface area contributed by atoms with Crippen LogP contribution in [-0.2, 0) is 0 Å². The number of halogens is 1. The van der Waals surface area contributed by atoms with Gasteiger partial charge in [-0.3, -0.25) is 0 Å². The zero-order valence-electron chi connectivity index (χ0n) is 9.29. The molecule has 82 valence electrons. The summed E-state index contributed by atoms with van der Waals surface area (Å²) in [7, 11) is 1.85. The smallest absolute Gasteiger partial charge is 0.135 e. The van der Waals surface area contributed by atoms with E-state index < -0.39 is 0 Å². The molecule has 0 radical (unpaired) electrons. The molecule has 0 aliphatic rings. The zero-order chi connectivity index (χ0) is 11.5. The first-order valence-corrected chi connectivity index (χ1v) is 5.50. The molecule has 2 nitrogen and oxygen atoms in total. The molecular formula is C13H13ClN2. The Hall–Kier alpha value is -1.54. The predicted molar refractivity (Wildman–Crippen MR) is 69.0 cm³/mol. The molecule has 0 aliphatic heterocycles. The third kappa shape index (κ3) is 2.02. The van der Waals surface area contributed by atoms with Crippen LogP contribution in [0, 0.1) is 6.92 Å². The summed E-state index contributed by atoms with van der Waals surface area (Å²) in [6.45, 7) is 2.09. The maximum Gasteiger partial charge on any atom is 0.135 e. The van der Waals surface area contributed by atoms with E-state index >= 15 is 0 Å². The minimum atomic E-state index is 0.502. The largest absolute Gasteiger partial charge is 0.373 e. The number of nitrogens with one attached hydrogen (secondary N) is 1. The number of rotatable bonds is 2. The van der Waals surface area contributed by atoms with Crippen molar-refractivity contribution in [3.05, 3.63) is 47.1 Å². The highest BCUT2D eigenvalue weighted by atomic mass is 35.5. The van der Waals surface area contributed by atoms with Gasteiger partial charge in [-0.2, -0.15) is 0 Å². The Labute approximate surface area is 100 Å². The van der Waals surface area contributed by atoms with Gasteiger partial charge in [-0.15, -0.1) is 0 Å². The Morgan fingerprint density at radius 1 is 1.06 bits per heavy atom. The Kier molecular flexibility index (Phi) is 3.11. The molecule has 0 unspecified atom stereocenters. The summed E-state index contributed by atoms with van der Waals surface area (Å²) in [6.07, 6.45) is 0. The first kappa shape index (κ1) is 11.0. The van der Waals surface area contributed by atoms with E-state index in [-0.39, 0.29) is 0 Å². The van der Waals surface area contributed by atoms with Gasteiger partial charge in [-0.25, -0.2) is 4.98 Å². The van der Waals surface area contributed by atoms with E-state index in [1.807, 2.05) is 31.3 Å². The van der Waals surface area contributed by atoms with Crippen molar-refractivity contribution in [1.29, 1.82) is 0 Å². The Balaban J connectivity index is 2.60. The van der Waals surface area contributed by atoms with E-state index in [9.17, 15) is 0 Å². The van der Waals surface area contributed by atoms with E-state index in [0.717, 1.165) is 11.4 Å². The molecule has 0 amide bonds. The number of hydrogen-bond acceptors (Lipinski definition) is 2. The Morgan fingerprint density at radius 3 is 2.50 bits per heavy atom. The van der Waals surface area contributed by atoms with Crippen molar-refractivity contribution in [2.75, 3.05) is 12.4 Å². The van der Waals surface area contributed by atoms with Crippen molar-refractivity contribution in [2.24, 2.45) is 0 Å². The predicted octanol–water partition coefficient (Wildman–Crippen LogP) is 3.75. The molecule has 1 aromatic heterocycles.